The standard InChI is InChI=1S/C9H14BrClN2/c1-6(4-7(2)11)9-8(10)5-12-13(9)3/h5-7H,4H2,1-3H3. The summed E-state index contributed by atoms with van der Waals surface area (Å²) in [6, 6.07) is 0. The van der Waals surface area contributed by atoms with Gasteiger partial charge in [0, 0.05) is 18.3 Å². The predicted molar refractivity (Wildman–Crippen MR) is 59.3 cm³/mol. The predicted octanol–water partition coefficient (Wildman–Crippen LogP) is 3.30. The van der Waals surface area contributed by atoms with Gasteiger partial charge in [0.2, 0.25) is 0 Å². The van der Waals surface area contributed by atoms with Gasteiger partial charge in [-0.3, -0.25) is 4.68 Å². The molecule has 0 saturated carbocycles. The Morgan fingerprint density at radius 2 is 2.23 bits per heavy atom. The molecule has 0 N–H and O–H groups in total. The van der Waals surface area contributed by atoms with E-state index in [1.807, 2.05) is 24.9 Å². The SMILES string of the molecule is CC(Cl)CC(C)c1c(Br)cnn1C. The second-order valence-electron chi connectivity index (χ2n) is 3.42. The molecule has 0 radical (unpaired) electrons. The van der Waals surface area contributed by atoms with Gasteiger partial charge in [-0.2, -0.15) is 5.10 Å². The zero-order valence-corrected chi connectivity index (χ0v) is 10.4. The van der Waals surface area contributed by atoms with Crippen LogP contribution in [0, 0.1) is 0 Å². The second-order valence-corrected chi connectivity index (χ2v) is 5.02. The van der Waals surface area contributed by atoms with E-state index in [0.717, 1.165) is 10.9 Å². The van der Waals surface area contributed by atoms with Crippen LogP contribution in [0.1, 0.15) is 31.9 Å². The van der Waals surface area contributed by atoms with E-state index in [2.05, 4.69) is 28.0 Å². The molecule has 1 aromatic heterocycles. The van der Waals surface area contributed by atoms with Crippen LogP contribution in [0.4, 0.5) is 0 Å². The zero-order chi connectivity index (χ0) is 10.0. The van der Waals surface area contributed by atoms with E-state index in [1.165, 1.54) is 5.69 Å². The van der Waals surface area contributed by atoms with Crippen LogP contribution in [0.25, 0.3) is 0 Å². The largest absolute Gasteiger partial charge is 0.271 e. The van der Waals surface area contributed by atoms with Crippen LogP contribution in [-0.4, -0.2) is 15.2 Å². The Morgan fingerprint density at radius 1 is 1.62 bits per heavy atom. The van der Waals surface area contributed by atoms with Crippen LogP contribution in [0.3, 0.4) is 0 Å². The average Bonchev–Trinajstić information content (AvgIpc) is 2.29. The van der Waals surface area contributed by atoms with E-state index in [1.54, 1.807) is 0 Å². The van der Waals surface area contributed by atoms with Crippen molar-refractivity contribution in [2.75, 3.05) is 0 Å². The topological polar surface area (TPSA) is 17.8 Å². The van der Waals surface area contributed by atoms with Gasteiger partial charge in [-0.1, -0.05) is 6.92 Å². The van der Waals surface area contributed by atoms with Crippen molar-refractivity contribution in [1.82, 2.24) is 9.78 Å². The number of hydrogen-bond acceptors (Lipinski definition) is 1. The van der Waals surface area contributed by atoms with Crippen molar-refractivity contribution in [2.24, 2.45) is 7.05 Å². The number of rotatable bonds is 3. The van der Waals surface area contributed by atoms with Gasteiger partial charge in [0.05, 0.1) is 16.4 Å². The number of aryl methyl sites for hydroxylation is 1. The van der Waals surface area contributed by atoms with Crippen molar-refractivity contribution in [3.63, 3.8) is 0 Å². The average molecular weight is 266 g/mol. The Balaban J connectivity index is 2.81. The quantitative estimate of drug-likeness (QED) is 0.767. The van der Waals surface area contributed by atoms with Gasteiger partial charge in [-0.15, -0.1) is 11.6 Å². The van der Waals surface area contributed by atoms with Crippen LogP contribution in [-0.2, 0) is 7.05 Å². The Morgan fingerprint density at radius 3 is 2.62 bits per heavy atom. The van der Waals surface area contributed by atoms with Gasteiger partial charge in [0.25, 0.3) is 0 Å². The van der Waals surface area contributed by atoms with Crippen LogP contribution >= 0.6 is 27.5 Å². The molecule has 0 saturated heterocycles. The number of hydrogen-bond donors (Lipinski definition) is 0. The molecule has 0 aliphatic rings. The molecule has 0 spiro atoms. The summed E-state index contributed by atoms with van der Waals surface area (Å²) in [6.07, 6.45) is 2.80. The van der Waals surface area contributed by atoms with E-state index in [0.29, 0.717) is 5.92 Å². The molecular weight excluding hydrogens is 251 g/mol. The maximum Gasteiger partial charge on any atom is 0.0635 e. The molecule has 13 heavy (non-hydrogen) atoms. The highest BCUT2D eigenvalue weighted by Gasteiger charge is 2.15. The summed E-state index contributed by atoms with van der Waals surface area (Å²) in [6.45, 7) is 4.18. The summed E-state index contributed by atoms with van der Waals surface area (Å²) in [7, 11) is 1.95. The number of nitrogens with zero attached hydrogens (tertiary/aromatic N) is 2. The minimum Gasteiger partial charge on any atom is -0.271 e. The van der Waals surface area contributed by atoms with Gasteiger partial charge >= 0.3 is 0 Å². The molecule has 74 valence electrons. The minimum absolute atomic E-state index is 0.205. The molecule has 0 aliphatic carbocycles. The van der Waals surface area contributed by atoms with Gasteiger partial charge < -0.3 is 0 Å². The van der Waals surface area contributed by atoms with E-state index in [-0.39, 0.29) is 5.38 Å². The highest BCUT2D eigenvalue weighted by atomic mass is 79.9. The molecule has 1 aromatic rings. The van der Waals surface area contributed by atoms with Crippen LogP contribution < -0.4 is 0 Å². The maximum atomic E-state index is 5.95. The van der Waals surface area contributed by atoms with Crippen molar-refractivity contribution < 1.29 is 0 Å². The van der Waals surface area contributed by atoms with Crippen molar-refractivity contribution >= 4 is 27.5 Å². The summed E-state index contributed by atoms with van der Waals surface area (Å²) in [5, 5.41) is 4.38. The number of halogens is 2. The Bertz CT molecular complexity index is 264. The lowest BCUT2D eigenvalue weighted by molar-refractivity contribution is 0.595. The monoisotopic (exact) mass is 264 g/mol. The Labute approximate surface area is 92.4 Å². The smallest absolute Gasteiger partial charge is 0.0635 e. The number of aromatic nitrogens is 2. The van der Waals surface area contributed by atoms with Crippen molar-refractivity contribution in [1.29, 1.82) is 0 Å². The lowest BCUT2D eigenvalue weighted by Gasteiger charge is -2.13. The molecule has 1 rings (SSSR count). The minimum atomic E-state index is 0.205. The third kappa shape index (κ3) is 2.71. The third-order valence-corrected chi connectivity index (χ3v) is 2.87. The van der Waals surface area contributed by atoms with Crippen molar-refractivity contribution in [3.8, 4) is 0 Å². The van der Waals surface area contributed by atoms with E-state index in [4.69, 9.17) is 11.6 Å². The van der Waals surface area contributed by atoms with Crippen LogP contribution in [0.15, 0.2) is 10.7 Å². The molecule has 0 amide bonds. The highest BCUT2D eigenvalue weighted by Crippen LogP contribution is 2.28. The van der Waals surface area contributed by atoms with Crippen LogP contribution in [0.2, 0.25) is 0 Å². The van der Waals surface area contributed by atoms with E-state index >= 15 is 0 Å². The lowest BCUT2D eigenvalue weighted by Crippen LogP contribution is -2.07. The molecule has 4 heteroatoms. The Hall–Kier alpha value is -0.0200. The van der Waals surface area contributed by atoms with Gasteiger partial charge in [-0.05, 0) is 29.3 Å². The zero-order valence-electron chi connectivity index (χ0n) is 8.09. The van der Waals surface area contributed by atoms with Gasteiger partial charge in [-0.25, -0.2) is 0 Å². The Kier molecular flexibility index (Phi) is 3.80. The van der Waals surface area contributed by atoms with Crippen LogP contribution in [0.5, 0.6) is 0 Å². The fourth-order valence-corrected chi connectivity index (χ4v) is 2.58. The molecule has 1 heterocycles. The molecule has 0 aromatic carbocycles. The molecule has 2 nitrogen and oxygen atoms in total. The highest BCUT2D eigenvalue weighted by molar-refractivity contribution is 9.10. The molecular formula is C9H14BrClN2. The second kappa shape index (κ2) is 4.47. The lowest BCUT2D eigenvalue weighted by atomic mass is 10.0. The van der Waals surface area contributed by atoms with E-state index in [9.17, 15) is 0 Å². The third-order valence-electron chi connectivity index (χ3n) is 2.08. The van der Waals surface area contributed by atoms with Crippen molar-refractivity contribution in [3.05, 3.63) is 16.4 Å². The molecule has 0 aliphatic heterocycles. The summed E-state index contributed by atoms with van der Waals surface area (Å²) in [4.78, 5) is 0. The summed E-state index contributed by atoms with van der Waals surface area (Å²) < 4.78 is 2.97. The molecule has 2 atom stereocenters. The van der Waals surface area contributed by atoms with Crippen molar-refractivity contribution in [2.45, 2.75) is 31.6 Å². The van der Waals surface area contributed by atoms with Gasteiger partial charge in [0.1, 0.15) is 0 Å². The summed E-state index contributed by atoms with van der Waals surface area (Å²) in [5.41, 5.74) is 1.22. The first-order valence-electron chi connectivity index (χ1n) is 4.33. The normalized spacial score (nSPS) is 15.8. The fourth-order valence-electron chi connectivity index (χ4n) is 1.57. The summed E-state index contributed by atoms with van der Waals surface area (Å²) in [5.74, 6) is 0.439. The number of alkyl halides is 1. The first kappa shape index (κ1) is 11.1. The molecule has 2 unspecified atom stereocenters. The fraction of sp³-hybridized carbons (Fsp3) is 0.667. The maximum absolute atomic E-state index is 5.95. The van der Waals surface area contributed by atoms with E-state index < -0.39 is 0 Å². The first-order valence-corrected chi connectivity index (χ1v) is 5.56. The van der Waals surface area contributed by atoms with Gasteiger partial charge in [0.15, 0.2) is 0 Å². The molecule has 0 bridgehead atoms. The summed E-state index contributed by atoms with van der Waals surface area (Å²) >= 11 is 9.43. The molecule has 0 fully saturated rings. The first-order chi connectivity index (χ1) is 6.02.